The fourth-order valence-corrected chi connectivity index (χ4v) is 3.03. The maximum atomic E-state index is 11.4. The van der Waals surface area contributed by atoms with Crippen LogP contribution in [0.25, 0.3) is 0 Å². The smallest absolute Gasteiger partial charge is 0.321 e. The number of hydrogen-bond acceptors (Lipinski definition) is 6. The van der Waals surface area contributed by atoms with E-state index in [1.165, 1.54) is 6.08 Å². The third-order valence-corrected chi connectivity index (χ3v) is 4.05. The Kier molecular flexibility index (Phi) is 6.35. The molecule has 1 atom stereocenters. The molecule has 0 saturated carbocycles. The molecule has 0 aromatic rings. The lowest BCUT2D eigenvalue weighted by Gasteiger charge is -2.08. The molecule has 118 valence electrons. The van der Waals surface area contributed by atoms with Gasteiger partial charge in [-0.1, -0.05) is 13.0 Å². The van der Waals surface area contributed by atoms with Crippen molar-refractivity contribution in [1.29, 1.82) is 0 Å². The first-order chi connectivity index (χ1) is 9.82. The zero-order chi connectivity index (χ0) is 15.9. The van der Waals surface area contributed by atoms with Gasteiger partial charge in [-0.15, -0.1) is 0 Å². The number of carbonyl (C=O) groups excluding carboxylic acids is 3. The third kappa shape index (κ3) is 6.89. The fraction of sp³-hybridized carbons (Fsp3) is 0.583. The molecule has 0 aromatic heterocycles. The van der Waals surface area contributed by atoms with E-state index >= 15 is 0 Å². The minimum absolute atomic E-state index is 0.120. The van der Waals surface area contributed by atoms with Crippen molar-refractivity contribution in [3.8, 4) is 0 Å². The molecule has 0 bridgehead atoms. The standard InChI is InChI=1S/C12H18N2O6S/c1-2-4-13-12(17)14-10(15)7-20-11(16)6-9-3-5-21(18,19)8-9/h3,5,9H,2,4,6-8H2,1H3,(H2,13,14,15,17). The highest BCUT2D eigenvalue weighted by Crippen LogP contribution is 2.18. The van der Waals surface area contributed by atoms with E-state index < -0.39 is 40.3 Å². The second kappa shape index (κ2) is 7.77. The topological polar surface area (TPSA) is 119 Å². The molecule has 1 unspecified atom stereocenters. The van der Waals surface area contributed by atoms with E-state index in [0.29, 0.717) is 6.54 Å². The van der Waals surface area contributed by atoms with E-state index in [1.807, 2.05) is 12.2 Å². The van der Waals surface area contributed by atoms with Gasteiger partial charge >= 0.3 is 12.0 Å². The highest BCUT2D eigenvalue weighted by Gasteiger charge is 2.24. The van der Waals surface area contributed by atoms with Crippen molar-refractivity contribution in [2.45, 2.75) is 19.8 Å². The Morgan fingerprint density at radius 1 is 1.33 bits per heavy atom. The average Bonchev–Trinajstić information content (AvgIpc) is 2.73. The van der Waals surface area contributed by atoms with Gasteiger partial charge in [0.1, 0.15) is 0 Å². The summed E-state index contributed by atoms with van der Waals surface area (Å²) in [5.74, 6) is -2.00. The van der Waals surface area contributed by atoms with Crippen LogP contribution < -0.4 is 10.6 Å². The average molecular weight is 318 g/mol. The van der Waals surface area contributed by atoms with Gasteiger partial charge in [-0.05, 0) is 6.42 Å². The molecule has 9 heteroatoms. The monoisotopic (exact) mass is 318 g/mol. The zero-order valence-corrected chi connectivity index (χ0v) is 12.4. The van der Waals surface area contributed by atoms with E-state index in [0.717, 1.165) is 11.8 Å². The van der Waals surface area contributed by atoms with Gasteiger partial charge in [0, 0.05) is 17.9 Å². The summed E-state index contributed by atoms with van der Waals surface area (Å²) in [5.41, 5.74) is 0. The van der Waals surface area contributed by atoms with Crippen molar-refractivity contribution in [1.82, 2.24) is 10.6 Å². The molecule has 3 amide bonds. The van der Waals surface area contributed by atoms with Crippen molar-refractivity contribution >= 4 is 27.7 Å². The van der Waals surface area contributed by atoms with Crippen molar-refractivity contribution < 1.29 is 27.5 Å². The summed E-state index contributed by atoms with van der Waals surface area (Å²) in [6.45, 7) is 1.71. The summed E-state index contributed by atoms with van der Waals surface area (Å²) in [6, 6.07) is -0.650. The first-order valence-electron chi connectivity index (χ1n) is 6.46. The van der Waals surface area contributed by atoms with Crippen LogP contribution in [0.15, 0.2) is 11.5 Å². The van der Waals surface area contributed by atoms with Gasteiger partial charge in [0.15, 0.2) is 16.4 Å². The zero-order valence-electron chi connectivity index (χ0n) is 11.6. The van der Waals surface area contributed by atoms with Gasteiger partial charge in [0.05, 0.1) is 12.2 Å². The summed E-state index contributed by atoms with van der Waals surface area (Å²) in [4.78, 5) is 33.9. The van der Waals surface area contributed by atoms with Crippen LogP contribution in [-0.2, 0) is 24.2 Å². The quantitative estimate of drug-likeness (QED) is 0.650. The number of rotatable bonds is 6. The molecular formula is C12H18N2O6S. The Balaban J connectivity index is 2.23. The Labute approximate surface area is 122 Å². The fourth-order valence-electron chi connectivity index (χ4n) is 1.63. The van der Waals surface area contributed by atoms with Gasteiger partial charge in [-0.3, -0.25) is 14.9 Å². The summed E-state index contributed by atoms with van der Waals surface area (Å²) in [5, 5.41) is 5.50. The summed E-state index contributed by atoms with van der Waals surface area (Å²) in [7, 11) is -3.22. The van der Waals surface area contributed by atoms with Crippen LogP contribution in [0.5, 0.6) is 0 Å². The lowest BCUT2D eigenvalue weighted by Crippen LogP contribution is -2.41. The lowest BCUT2D eigenvalue weighted by atomic mass is 10.1. The SMILES string of the molecule is CCCNC(=O)NC(=O)COC(=O)CC1C=CS(=O)(=O)C1. The minimum Gasteiger partial charge on any atom is -0.456 e. The highest BCUT2D eigenvalue weighted by atomic mass is 32.2. The van der Waals surface area contributed by atoms with E-state index in [9.17, 15) is 22.8 Å². The number of amides is 3. The van der Waals surface area contributed by atoms with Gasteiger partial charge in [-0.25, -0.2) is 13.2 Å². The minimum atomic E-state index is -3.22. The number of urea groups is 1. The predicted molar refractivity (Wildman–Crippen MR) is 73.8 cm³/mol. The van der Waals surface area contributed by atoms with Crippen LogP contribution >= 0.6 is 0 Å². The molecule has 1 heterocycles. The number of carbonyl (C=O) groups is 3. The molecule has 0 aliphatic carbocycles. The van der Waals surface area contributed by atoms with Crippen LogP contribution in [0, 0.1) is 5.92 Å². The molecule has 0 aromatic carbocycles. The van der Waals surface area contributed by atoms with E-state index in [1.54, 1.807) is 0 Å². The molecular weight excluding hydrogens is 300 g/mol. The Hall–Kier alpha value is -1.90. The Morgan fingerprint density at radius 3 is 2.62 bits per heavy atom. The molecule has 8 nitrogen and oxygen atoms in total. The van der Waals surface area contributed by atoms with Crippen molar-refractivity contribution in [3.05, 3.63) is 11.5 Å². The van der Waals surface area contributed by atoms with Crippen LogP contribution in [0.4, 0.5) is 4.79 Å². The molecule has 21 heavy (non-hydrogen) atoms. The van der Waals surface area contributed by atoms with Gasteiger partial charge in [0.25, 0.3) is 5.91 Å². The first kappa shape index (κ1) is 17.2. The lowest BCUT2D eigenvalue weighted by molar-refractivity contribution is -0.148. The van der Waals surface area contributed by atoms with Crippen LogP contribution in [0.2, 0.25) is 0 Å². The first-order valence-corrected chi connectivity index (χ1v) is 8.18. The third-order valence-electron chi connectivity index (χ3n) is 2.59. The molecule has 1 aliphatic rings. The summed E-state index contributed by atoms with van der Waals surface area (Å²) >= 11 is 0. The van der Waals surface area contributed by atoms with Crippen LogP contribution in [0.3, 0.4) is 0 Å². The Bertz CT molecular complexity index is 540. The van der Waals surface area contributed by atoms with E-state index in [2.05, 4.69) is 10.1 Å². The second-order valence-electron chi connectivity index (χ2n) is 4.59. The summed E-state index contributed by atoms with van der Waals surface area (Å²) < 4.78 is 27.0. The van der Waals surface area contributed by atoms with Crippen molar-refractivity contribution in [3.63, 3.8) is 0 Å². The number of ether oxygens (including phenoxy) is 1. The maximum absolute atomic E-state index is 11.4. The Morgan fingerprint density at radius 2 is 2.05 bits per heavy atom. The van der Waals surface area contributed by atoms with Crippen molar-refractivity contribution in [2.75, 3.05) is 18.9 Å². The van der Waals surface area contributed by atoms with Crippen LogP contribution in [-0.4, -0.2) is 45.2 Å². The molecule has 2 N–H and O–H groups in total. The molecule has 0 spiro atoms. The highest BCUT2D eigenvalue weighted by molar-refractivity contribution is 7.94. The number of allylic oxidation sites excluding steroid dienone is 1. The molecule has 1 aliphatic heterocycles. The number of hydrogen-bond donors (Lipinski definition) is 2. The maximum Gasteiger partial charge on any atom is 0.321 e. The largest absolute Gasteiger partial charge is 0.456 e. The van der Waals surface area contributed by atoms with Crippen LogP contribution in [0.1, 0.15) is 19.8 Å². The van der Waals surface area contributed by atoms with E-state index in [4.69, 9.17) is 0 Å². The normalized spacial score (nSPS) is 19.0. The second-order valence-corrected chi connectivity index (χ2v) is 6.52. The number of imide groups is 1. The molecule has 0 fully saturated rings. The summed E-state index contributed by atoms with van der Waals surface area (Å²) in [6.07, 6.45) is 2.04. The van der Waals surface area contributed by atoms with Gasteiger partial charge < -0.3 is 10.1 Å². The number of esters is 1. The van der Waals surface area contributed by atoms with Gasteiger partial charge in [-0.2, -0.15) is 0 Å². The molecule has 1 rings (SSSR count). The molecule has 0 radical (unpaired) electrons. The number of nitrogens with one attached hydrogen (secondary N) is 2. The predicted octanol–water partition coefficient (Wildman–Crippen LogP) is -0.286. The van der Waals surface area contributed by atoms with Crippen molar-refractivity contribution in [2.24, 2.45) is 5.92 Å². The number of sulfone groups is 1. The molecule has 0 saturated heterocycles. The van der Waals surface area contributed by atoms with E-state index in [-0.39, 0.29) is 12.2 Å². The van der Waals surface area contributed by atoms with Gasteiger partial charge in [0.2, 0.25) is 0 Å².